The molecule has 1 fully saturated rings. The first-order chi connectivity index (χ1) is 10.9. The van der Waals surface area contributed by atoms with Crippen molar-refractivity contribution >= 4 is 17.5 Å². The molecule has 126 valence electrons. The lowest BCUT2D eigenvalue weighted by Crippen LogP contribution is -2.49. The van der Waals surface area contributed by atoms with E-state index in [1.807, 2.05) is 24.0 Å². The lowest BCUT2D eigenvalue weighted by Gasteiger charge is -2.39. The molecule has 1 aromatic carbocycles. The molecule has 2 rings (SSSR count). The maximum atomic E-state index is 12.5. The Morgan fingerprint density at radius 1 is 1.26 bits per heavy atom. The quantitative estimate of drug-likeness (QED) is 0.928. The Kier molecular flexibility index (Phi) is 5.64. The van der Waals surface area contributed by atoms with Gasteiger partial charge in [0.2, 0.25) is 5.91 Å². The van der Waals surface area contributed by atoms with E-state index in [4.69, 9.17) is 4.74 Å². The third-order valence-electron chi connectivity index (χ3n) is 4.28. The topological polar surface area (TPSA) is 58.6 Å². The van der Waals surface area contributed by atoms with Gasteiger partial charge < -0.3 is 15.0 Å². The second kappa shape index (κ2) is 7.49. The van der Waals surface area contributed by atoms with E-state index in [1.54, 1.807) is 6.07 Å². The number of anilines is 1. The van der Waals surface area contributed by atoms with Gasteiger partial charge in [0, 0.05) is 19.0 Å². The molecule has 1 aliphatic heterocycles. The van der Waals surface area contributed by atoms with Gasteiger partial charge in [-0.1, -0.05) is 6.07 Å². The van der Waals surface area contributed by atoms with Crippen LogP contribution in [-0.4, -0.2) is 35.4 Å². The van der Waals surface area contributed by atoms with Crippen LogP contribution in [0, 0.1) is 6.92 Å². The molecule has 1 aliphatic rings. The van der Waals surface area contributed by atoms with Crippen molar-refractivity contribution in [1.82, 2.24) is 4.90 Å². The van der Waals surface area contributed by atoms with E-state index in [0.717, 1.165) is 24.8 Å². The average molecular weight is 318 g/mol. The summed E-state index contributed by atoms with van der Waals surface area (Å²) in [6.07, 6.45) is 3.24. The summed E-state index contributed by atoms with van der Waals surface area (Å²) in [5.41, 5.74) is 1.61. The van der Waals surface area contributed by atoms with Gasteiger partial charge in [-0.3, -0.25) is 9.59 Å². The maximum Gasteiger partial charge on any atom is 0.260 e. The number of likely N-dealkylation sites (tertiary alicyclic amines) is 1. The fourth-order valence-electron chi connectivity index (χ4n) is 3.17. The zero-order valence-electron chi connectivity index (χ0n) is 14.4. The highest BCUT2D eigenvalue weighted by atomic mass is 16.5. The van der Waals surface area contributed by atoms with Crippen LogP contribution in [0.25, 0.3) is 0 Å². The predicted molar refractivity (Wildman–Crippen MR) is 90.6 cm³/mol. The standard InChI is InChI=1S/C18H26N2O3/c1-12-8-9-16(19-15(4)21)17(10-12)23-11-18(22)20-13(2)6-5-7-14(20)3/h8-10,13-14H,5-7,11H2,1-4H3,(H,19,21). The van der Waals surface area contributed by atoms with E-state index in [2.05, 4.69) is 19.2 Å². The number of hydrogen-bond acceptors (Lipinski definition) is 3. The van der Waals surface area contributed by atoms with Gasteiger partial charge in [-0.05, 0) is 57.7 Å². The van der Waals surface area contributed by atoms with Crippen LogP contribution in [0.3, 0.4) is 0 Å². The molecule has 1 aromatic rings. The van der Waals surface area contributed by atoms with E-state index < -0.39 is 0 Å². The minimum Gasteiger partial charge on any atom is -0.482 e. The molecule has 2 amide bonds. The number of rotatable bonds is 4. The largest absolute Gasteiger partial charge is 0.482 e. The molecule has 0 radical (unpaired) electrons. The van der Waals surface area contributed by atoms with E-state index in [0.29, 0.717) is 11.4 Å². The van der Waals surface area contributed by atoms with Crippen LogP contribution < -0.4 is 10.1 Å². The summed E-state index contributed by atoms with van der Waals surface area (Å²) in [6.45, 7) is 7.56. The Morgan fingerprint density at radius 3 is 2.52 bits per heavy atom. The lowest BCUT2D eigenvalue weighted by atomic mass is 9.97. The number of ether oxygens (including phenoxy) is 1. The number of nitrogens with one attached hydrogen (secondary N) is 1. The van der Waals surface area contributed by atoms with E-state index in [-0.39, 0.29) is 30.5 Å². The van der Waals surface area contributed by atoms with Crippen molar-refractivity contribution in [1.29, 1.82) is 0 Å². The van der Waals surface area contributed by atoms with Gasteiger partial charge in [0.05, 0.1) is 5.69 Å². The molecule has 5 nitrogen and oxygen atoms in total. The molecule has 2 unspecified atom stereocenters. The fourth-order valence-corrected chi connectivity index (χ4v) is 3.17. The number of carbonyl (C=O) groups excluding carboxylic acids is 2. The molecule has 1 saturated heterocycles. The lowest BCUT2D eigenvalue weighted by molar-refractivity contribution is -0.139. The second-order valence-electron chi connectivity index (χ2n) is 6.40. The highest BCUT2D eigenvalue weighted by molar-refractivity contribution is 5.90. The Bertz CT molecular complexity index is 576. The highest BCUT2D eigenvalue weighted by Gasteiger charge is 2.29. The smallest absolute Gasteiger partial charge is 0.260 e. The van der Waals surface area contributed by atoms with Gasteiger partial charge in [-0.2, -0.15) is 0 Å². The Hall–Kier alpha value is -2.04. The highest BCUT2D eigenvalue weighted by Crippen LogP contribution is 2.27. The molecule has 0 spiro atoms. The van der Waals surface area contributed by atoms with Crippen molar-refractivity contribution in [2.45, 2.75) is 59.0 Å². The molecule has 23 heavy (non-hydrogen) atoms. The Balaban J connectivity index is 2.06. The van der Waals surface area contributed by atoms with Crippen LogP contribution in [0.2, 0.25) is 0 Å². The summed E-state index contributed by atoms with van der Waals surface area (Å²) < 4.78 is 5.72. The molecule has 2 atom stereocenters. The predicted octanol–water partition coefficient (Wildman–Crippen LogP) is 3.12. The number of carbonyl (C=O) groups is 2. The summed E-state index contributed by atoms with van der Waals surface area (Å²) in [4.78, 5) is 25.7. The number of amides is 2. The third-order valence-corrected chi connectivity index (χ3v) is 4.28. The van der Waals surface area contributed by atoms with Crippen molar-refractivity contribution in [3.63, 3.8) is 0 Å². The van der Waals surface area contributed by atoms with E-state index in [9.17, 15) is 9.59 Å². The SMILES string of the molecule is CC(=O)Nc1ccc(C)cc1OCC(=O)N1C(C)CCCC1C. The van der Waals surface area contributed by atoms with Crippen molar-refractivity contribution < 1.29 is 14.3 Å². The van der Waals surface area contributed by atoms with E-state index >= 15 is 0 Å². The van der Waals surface area contributed by atoms with Gasteiger partial charge in [0.15, 0.2) is 6.61 Å². The molecule has 1 heterocycles. The van der Waals surface area contributed by atoms with Gasteiger partial charge >= 0.3 is 0 Å². The number of benzene rings is 1. The van der Waals surface area contributed by atoms with Crippen molar-refractivity contribution in [3.05, 3.63) is 23.8 Å². The normalized spacial score (nSPS) is 21.0. The maximum absolute atomic E-state index is 12.5. The Morgan fingerprint density at radius 2 is 1.91 bits per heavy atom. The molecule has 1 N–H and O–H groups in total. The second-order valence-corrected chi connectivity index (χ2v) is 6.40. The molecular weight excluding hydrogens is 292 g/mol. The summed E-state index contributed by atoms with van der Waals surface area (Å²) in [5, 5.41) is 2.73. The number of piperidine rings is 1. The van der Waals surface area contributed by atoms with Crippen LogP contribution >= 0.6 is 0 Å². The first-order valence-electron chi connectivity index (χ1n) is 8.20. The minimum atomic E-state index is -0.164. The summed E-state index contributed by atoms with van der Waals surface area (Å²) in [7, 11) is 0. The summed E-state index contributed by atoms with van der Waals surface area (Å²) >= 11 is 0. The van der Waals surface area contributed by atoms with Crippen molar-refractivity contribution in [2.75, 3.05) is 11.9 Å². The monoisotopic (exact) mass is 318 g/mol. The molecule has 0 aromatic heterocycles. The van der Waals surface area contributed by atoms with Gasteiger partial charge in [0.1, 0.15) is 5.75 Å². The zero-order valence-corrected chi connectivity index (χ0v) is 14.4. The van der Waals surface area contributed by atoms with Crippen molar-refractivity contribution in [2.24, 2.45) is 0 Å². The third kappa shape index (κ3) is 4.47. The first kappa shape index (κ1) is 17.3. The molecule has 0 bridgehead atoms. The zero-order chi connectivity index (χ0) is 17.0. The first-order valence-corrected chi connectivity index (χ1v) is 8.20. The van der Waals surface area contributed by atoms with Crippen LogP contribution in [-0.2, 0) is 9.59 Å². The summed E-state index contributed by atoms with van der Waals surface area (Å²) in [6, 6.07) is 6.03. The fraction of sp³-hybridized carbons (Fsp3) is 0.556. The van der Waals surface area contributed by atoms with Crippen LogP contribution in [0.15, 0.2) is 18.2 Å². The van der Waals surface area contributed by atoms with Gasteiger partial charge in [-0.15, -0.1) is 0 Å². The van der Waals surface area contributed by atoms with Crippen LogP contribution in [0.1, 0.15) is 45.6 Å². The Labute approximate surface area is 138 Å². The summed E-state index contributed by atoms with van der Waals surface area (Å²) in [5.74, 6) is 0.370. The van der Waals surface area contributed by atoms with E-state index in [1.165, 1.54) is 6.92 Å². The molecule has 5 heteroatoms. The number of hydrogen-bond donors (Lipinski definition) is 1. The van der Waals surface area contributed by atoms with Gasteiger partial charge in [-0.25, -0.2) is 0 Å². The molecule has 0 saturated carbocycles. The number of aryl methyl sites for hydroxylation is 1. The van der Waals surface area contributed by atoms with Crippen LogP contribution in [0.5, 0.6) is 5.75 Å². The minimum absolute atomic E-state index is 0.0000175. The van der Waals surface area contributed by atoms with Gasteiger partial charge in [0.25, 0.3) is 5.91 Å². The number of nitrogens with zero attached hydrogens (tertiary/aromatic N) is 1. The van der Waals surface area contributed by atoms with Crippen LogP contribution in [0.4, 0.5) is 5.69 Å². The van der Waals surface area contributed by atoms with Crippen molar-refractivity contribution in [3.8, 4) is 5.75 Å². The average Bonchev–Trinajstić information content (AvgIpc) is 2.47. The molecular formula is C18H26N2O3. The molecule has 0 aliphatic carbocycles.